The number of aryl methyl sites for hydroxylation is 1. The molecule has 3 aromatic rings. The Kier molecular flexibility index (Phi) is 3.98. The number of anilines is 1. The third-order valence-electron chi connectivity index (χ3n) is 3.10. The van der Waals surface area contributed by atoms with Crippen LogP contribution in [0, 0.1) is 0 Å². The molecule has 0 aliphatic rings. The normalized spacial score (nSPS) is 11.1. The summed E-state index contributed by atoms with van der Waals surface area (Å²) in [6.07, 6.45) is 1.86. The second-order valence-corrected chi connectivity index (χ2v) is 6.71. The highest BCUT2D eigenvalue weighted by atomic mass is 32.1. The first-order valence-corrected chi connectivity index (χ1v) is 8.55. The van der Waals surface area contributed by atoms with E-state index >= 15 is 0 Å². The first-order chi connectivity index (χ1) is 9.80. The number of hydrogen-bond acceptors (Lipinski definition) is 5. The highest BCUT2D eigenvalue weighted by molar-refractivity contribution is 7.18. The molecule has 0 aliphatic carbocycles. The zero-order valence-electron chi connectivity index (χ0n) is 11.6. The fourth-order valence-corrected chi connectivity index (χ4v) is 3.83. The topological polar surface area (TPSA) is 37.8 Å². The van der Waals surface area contributed by atoms with E-state index in [1.807, 2.05) is 0 Å². The third kappa shape index (κ3) is 2.69. The Morgan fingerprint density at radius 1 is 1.20 bits per heavy atom. The maximum Gasteiger partial charge on any atom is 0.138 e. The number of nitrogens with one attached hydrogen (secondary N) is 1. The van der Waals surface area contributed by atoms with Crippen LogP contribution in [0.1, 0.15) is 29.4 Å². The molecule has 0 radical (unpaired) electrons. The van der Waals surface area contributed by atoms with Crippen LogP contribution in [0.3, 0.4) is 0 Å². The lowest BCUT2D eigenvalue weighted by Crippen LogP contribution is -2.04. The molecule has 0 bridgehead atoms. The largest absolute Gasteiger partial charge is 0.370 e. The van der Waals surface area contributed by atoms with Gasteiger partial charge in [-0.15, -0.1) is 22.7 Å². The second-order valence-electron chi connectivity index (χ2n) is 4.56. The minimum atomic E-state index is 0.811. The van der Waals surface area contributed by atoms with Crippen molar-refractivity contribution >= 4 is 38.7 Å². The lowest BCUT2D eigenvalue weighted by atomic mass is 10.3. The van der Waals surface area contributed by atoms with Gasteiger partial charge in [0, 0.05) is 22.7 Å². The van der Waals surface area contributed by atoms with Crippen LogP contribution in [-0.4, -0.2) is 16.5 Å². The van der Waals surface area contributed by atoms with E-state index in [1.54, 1.807) is 22.7 Å². The molecule has 3 heterocycles. The Hall–Kier alpha value is -1.46. The monoisotopic (exact) mass is 303 g/mol. The minimum Gasteiger partial charge on any atom is -0.370 e. The maximum atomic E-state index is 4.74. The molecule has 1 N–H and O–H groups in total. The quantitative estimate of drug-likeness (QED) is 0.762. The van der Waals surface area contributed by atoms with Crippen molar-refractivity contribution in [1.82, 2.24) is 9.97 Å². The van der Waals surface area contributed by atoms with Crippen molar-refractivity contribution in [2.24, 2.45) is 0 Å². The highest BCUT2D eigenvalue weighted by Crippen LogP contribution is 2.30. The third-order valence-corrected chi connectivity index (χ3v) is 5.14. The summed E-state index contributed by atoms with van der Waals surface area (Å²) >= 11 is 3.53. The Bertz CT molecular complexity index is 701. The molecule has 3 rings (SSSR count). The molecule has 0 spiro atoms. The van der Waals surface area contributed by atoms with Gasteiger partial charge in [-0.3, -0.25) is 0 Å². The number of aromatic nitrogens is 2. The van der Waals surface area contributed by atoms with Gasteiger partial charge in [0.1, 0.15) is 16.5 Å². The molecule has 0 amide bonds. The van der Waals surface area contributed by atoms with Gasteiger partial charge in [0.05, 0.1) is 5.39 Å². The summed E-state index contributed by atoms with van der Waals surface area (Å²) in [6, 6.07) is 6.42. The summed E-state index contributed by atoms with van der Waals surface area (Å²) < 4.78 is 0. The number of nitrogens with zero attached hydrogens (tertiary/aromatic N) is 2. The van der Waals surface area contributed by atoms with Gasteiger partial charge in [0.2, 0.25) is 0 Å². The molecule has 0 aliphatic heterocycles. The van der Waals surface area contributed by atoms with E-state index in [4.69, 9.17) is 9.97 Å². The van der Waals surface area contributed by atoms with Crippen LogP contribution in [-0.2, 0) is 12.8 Å². The summed E-state index contributed by atoms with van der Waals surface area (Å²) in [5.74, 6) is 1.88. The SMILES string of the molecule is CCNc1nc(Cc2cccs2)nc2sc(CC)cc12. The Morgan fingerprint density at radius 3 is 2.80 bits per heavy atom. The predicted octanol–water partition coefficient (Wildman–Crippen LogP) is 4.34. The molecular formula is C15H17N3S2. The molecule has 0 unspecified atom stereocenters. The summed E-state index contributed by atoms with van der Waals surface area (Å²) in [6.45, 7) is 5.15. The average molecular weight is 303 g/mol. The summed E-state index contributed by atoms with van der Waals surface area (Å²) in [5, 5.41) is 6.62. The van der Waals surface area contributed by atoms with Crippen LogP contribution in [0.4, 0.5) is 5.82 Å². The number of hydrogen-bond donors (Lipinski definition) is 1. The molecule has 20 heavy (non-hydrogen) atoms. The van der Waals surface area contributed by atoms with Crippen LogP contribution in [0.5, 0.6) is 0 Å². The lowest BCUT2D eigenvalue weighted by molar-refractivity contribution is 1.00. The van der Waals surface area contributed by atoms with Crippen molar-refractivity contribution in [3.05, 3.63) is 39.2 Å². The Balaban J connectivity index is 2.04. The fourth-order valence-electron chi connectivity index (χ4n) is 2.14. The fraction of sp³-hybridized carbons (Fsp3) is 0.333. The Morgan fingerprint density at radius 2 is 2.10 bits per heavy atom. The Labute approximate surface area is 126 Å². The average Bonchev–Trinajstić information content (AvgIpc) is 3.08. The molecular weight excluding hydrogens is 286 g/mol. The van der Waals surface area contributed by atoms with Crippen molar-refractivity contribution in [3.8, 4) is 0 Å². The van der Waals surface area contributed by atoms with Crippen LogP contribution >= 0.6 is 22.7 Å². The molecule has 5 heteroatoms. The van der Waals surface area contributed by atoms with Crippen molar-refractivity contribution < 1.29 is 0 Å². The minimum absolute atomic E-state index is 0.811. The van der Waals surface area contributed by atoms with Gasteiger partial charge in [0.15, 0.2) is 0 Å². The lowest BCUT2D eigenvalue weighted by Gasteiger charge is -2.06. The first kappa shape index (κ1) is 13.5. The van der Waals surface area contributed by atoms with Gasteiger partial charge in [-0.25, -0.2) is 9.97 Å². The van der Waals surface area contributed by atoms with E-state index in [1.165, 1.54) is 9.75 Å². The van der Waals surface area contributed by atoms with Gasteiger partial charge in [0.25, 0.3) is 0 Å². The van der Waals surface area contributed by atoms with Crippen molar-refractivity contribution in [2.45, 2.75) is 26.7 Å². The van der Waals surface area contributed by atoms with E-state index in [0.717, 1.165) is 41.2 Å². The van der Waals surface area contributed by atoms with Gasteiger partial charge in [-0.05, 0) is 30.9 Å². The van der Waals surface area contributed by atoms with Gasteiger partial charge in [-0.1, -0.05) is 13.0 Å². The van der Waals surface area contributed by atoms with E-state index < -0.39 is 0 Å². The van der Waals surface area contributed by atoms with Gasteiger partial charge < -0.3 is 5.32 Å². The summed E-state index contributed by atoms with van der Waals surface area (Å²) in [7, 11) is 0. The standard InChI is InChI=1S/C15H17N3S2/c1-3-10-8-12-14(16-4-2)17-13(18-15(12)20-10)9-11-6-5-7-19-11/h5-8H,3-4,9H2,1-2H3,(H,16,17,18). The van der Waals surface area contributed by atoms with Gasteiger partial charge >= 0.3 is 0 Å². The highest BCUT2D eigenvalue weighted by Gasteiger charge is 2.11. The number of rotatable bonds is 5. The zero-order valence-corrected chi connectivity index (χ0v) is 13.3. The molecule has 0 aromatic carbocycles. The van der Waals surface area contributed by atoms with Crippen LogP contribution in [0.25, 0.3) is 10.2 Å². The molecule has 0 saturated heterocycles. The first-order valence-electron chi connectivity index (χ1n) is 6.85. The van der Waals surface area contributed by atoms with E-state index in [-0.39, 0.29) is 0 Å². The van der Waals surface area contributed by atoms with E-state index in [2.05, 4.69) is 42.7 Å². The van der Waals surface area contributed by atoms with Crippen molar-refractivity contribution in [3.63, 3.8) is 0 Å². The number of thiophene rings is 2. The summed E-state index contributed by atoms with van der Waals surface area (Å²) in [4.78, 5) is 13.2. The predicted molar refractivity (Wildman–Crippen MR) is 88.1 cm³/mol. The molecule has 0 atom stereocenters. The van der Waals surface area contributed by atoms with Crippen molar-refractivity contribution in [2.75, 3.05) is 11.9 Å². The van der Waals surface area contributed by atoms with Crippen LogP contribution in [0.15, 0.2) is 23.6 Å². The van der Waals surface area contributed by atoms with Crippen LogP contribution < -0.4 is 5.32 Å². The molecule has 104 valence electrons. The second kappa shape index (κ2) is 5.89. The number of fused-ring (bicyclic) bond motifs is 1. The zero-order chi connectivity index (χ0) is 13.9. The molecule has 3 nitrogen and oxygen atoms in total. The van der Waals surface area contributed by atoms with Crippen LogP contribution in [0.2, 0.25) is 0 Å². The molecule has 0 saturated carbocycles. The summed E-state index contributed by atoms with van der Waals surface area (Å²) in [5.41, 5.74) is 0. The van der Waals surface area contributed by atoms with E-state index in [9.17, 15) is 0 Å². The smallest absolute Gasteiger partial charge is 0.138 e. The molecule has 0 fully saturated rings. The maximum absolute atomic E-state index is 4.74. The van der Waals surface area contributed by atoms with Crippen molar-refractivity contribution in [1.29, 1.82) is 0 Å². The van der Waals surface area contributed by atoms with Gasteiger partial charge in [-0.2, -0.15) is 0 Å². The van der Waals surface area contributed by atoms with E-state index in [0.29, 0.717) is 0 Å². The molecule has 3 aromatic heterocycles.